The highest BCUT2D eigenvalue weighted by Gasteiger charge is 2.20. The van der Waals surface area contributed by atoms with E-state index in [-0.39, 0.29) is 23.7 Å². The number of benzene rings is 3. The first-order valence-electron chi connectivity index (χ1n) is 10.2. The molecule has 4 rings (SSSR count). The number of rotatable bonds is 8. The summed E-state index contributed by atoms with van der Waals surface area (Å²) < 4.78 is 36.1. The Morgan fingerprint density at radius 1 is 1.00 bits per heavy atom. The number of ether oxygens (including phenoxy) is 1. The number of nitrogens with zero attached hydrogens (tertiary/aromatic N) is 1. The largest absolute Gasteiger partial charge is 0.489 e. The molecule has 0 saturated carbocycles. The maximum atomic E-state index is 14.4. The van der Waals surface area contributed by atoms with E-state index in [0.29, 0.717) is 29.8 Å². The van der Waals surface area contributed by atoms with E-state index in [2.05, 4.69) is 11.9 Å². The predicted octanol–water partition coefficient (Wildman–Crippen LogP) is 5.46. The van der Waals surface area contributed by atoms with Gasteiger partial charge in [0.2, 0.25) is 0 Å². The van der Waals surface area contributed by atoms with Crippen LogP contribution in [-0.4, -0.2) is 17.1 Å². The van der Waals surface area contributed by atoms with Gasteiger partial charge in [-0.15, -0.1) is 0 Å². The Bertz CT molecular complexity index is 1250. The van der Waals surface area contributed by atoms with Gasteiger partial charge in [0.05, 0.1) is 12.1 Å². The molecule has 0 spiro atoms. The van der Waals surface area contributed by atoms with Gasteiger partial charge in [-0.05, 0) is 35.9 Å². The summed E-state index contributed by atoms with van der Waals surface area (Å²) in [5.74, 6) is -1.12. The Kier molecular flexibility index (Phi) is 6.31. The van der Waals surface area contributed by atoms with Crippen LogP contribution in [-0.2, 0) is 13.1 Å². The summed E-state index contributed by atoms with van der Waals surface area (Å²) in [5.41, 5.74) is 1.76. The van der Waals surface area contributed by atoms with Crippen LogP contribution < -0.4 is 10.1 Å². The van der Waals surface area contributed by atoms with Crippen molar-refractivity contribution in [3.63, 3.8) is 0 Å². The number of aromatic nitrogens is 1. The summed E-state index contributed by atoms with van der Waals surface area (Å²) in [4.78, 5) is 13.1. The lowest BCUT2D eigenvalue weighted by Gasteiger charge is -2.13. The molecule has 0 aliphatic heterocycles. The Morgan fingerprint density at radius 3 is 2.44 bits per heavy atom. The highest BCUT2D eigenvalue weighted by atomic mass is 19.1. The number of hydrogen-bond acceptors (Lipinski definition) is 2. The first kappa shape index (κ1) is 21.3. The molecule has 32 heavy (non-hydrogen) atoms. The third-order valence-corrected chi connectivity index (χ3v) is 5.17. The van der Waals surface area contributed by atoms with Crippen molar-refractivity contribution in [2.24, 2.45) is 0 Å². The Balaban J connectivity index is 1.76. The molecule has 6 heteroatoms. The number of amides is 1. The lowest BCUT2D eigenvalue weighted by molar-refractivity contribution is 0.0942. The fourth-order valence-electron chi connectivity index (χ4n) is 3.60. The van der Waals surface area contributed by atoms with Crippen LogP contribution in [0.4, 0.5) is 8.78 Å². The standard InChI is InChI=1S/C26H22F2N2O2/c1-2-14-32-25-13-7-12-23-19(25)15-24(26(31)29-16-18-8-4-3-5-9-18)30(23)17-20-21(27)10-6-11-22(20)28/h2-13,15H,1,14,16-17H2,(H,29,31). The summed E-state index contributed by atoms with van der Waals surface area (Å²) in [6, 6.07) is 20.3. The molecule has 1 amide bonds. The van der Waals surface area contributed by atoms with E-state index in [9.17, 15) is 13.6 Å². The van der Waals surface area contributed by atoms with Crippen LogP contribution in [0.5, 0.6) is 5.75 Å². The van der Waals surface area contributed by atoms with Crippen LogP contribution >= 0.6 is 0 Å². The predicted molar refractivity (Wildman–Crippen MR) is 121 cm³/mol. The van der Waals surface area contributed by atoms with E-state index in [0.717, 1.165) is 5.56 Å². The van der Waals surface area contributed by atoms with Crippen LogP contribution in [0.2, 0.25) is 0 Å². The SMILES string of the molecule is C=CCOc1cccc2c1cc(C(=O)NCc1ccccc1)n2Cc1c(F)cccc1F. The second-order valence-electron chi connectivity index (χ2n) is 7.27. The van der Waals surface area contributed by atoms with Gasteiger partial charge in [0.1, 0.15) is 29.7 Å². The minimum atomic E-state index is -0.665. The lowest BCUT2D eigenvalue weighted by Crippen LogP contribution is -2.25. The summed E-state index contributed by atoms with van der Waals surface area (Å²) >= 11 is 0. The molecule has 1 N–H and O–H groups in total. The molecule has 0 atom stereocenters. The van der Waals surface area contributed by atoms with Crippen LogP contribution in [0.3, 0.4) is 0 Å². The monoisotopic (exact) mass is 432 g/mol. The van der Waals surface area contributed by atoms with Crippen molar-refractivity contribution in [1.29, 1.82) is 0 Å². The second-order valence-corrected chi connectivity index (χ2v) is 7.27. The summed E-state index contributed by atoms with van der Waals surface area (Å²) in [6.07, 6.45) is 1.62. The van der Waals surface area contributed by atoms with Crippen LogP contribution in [0.15, 0.2) is 85.5 Å². The quantitative estimate of drug-likeness (QED) is 0.376. The Labute approximate surface area is 184 Å². The molecule has 1 aromatic heterocycles. The lowest BCUT2D eigenvalue weighted by atomic mass is 10.2. The minimum Gasteiger partial charge on any atom is -0.489 e. The maximum absolute atomic E-state index is 14.4. The number of fused-ring (bicyclic) bond motifs is 1. The van der Waals surface area contributed by atoms with E-state index in [4.69, 9.17) is 4.74 Å². The molecule has 0 unspecified atom stereocenters. The Hall–Kier alpha value is -3.93. The number of carbonyl (C=O) groups excluding carboxylic acids is 1. The van der Waals surface area contributed by atoms with Gasteiger partial charge in [-0.2, -0.15) is 0 Å². The third kappa shape index (κ3) is 4.39. The van der Waals surface area contributed by atoms with E-state index in [1.165, 1.54) is 18.2 Å². The van der Waals surface area contributed by atoms with E-state index in [1.807, 2.05) is 30.3 Å². The molecular formula is C26H22F2N2O2. The van der Waals surface area contributed by atoms with Crippen LogP contribution in [0.1, 0.15) is 21.6 Å². The molecule has 3 aromatic carbocycles. The maximum Gasteiger partial charge on any atom is 0.268 e. The molecule has 0 aliphatic rings. The molecule has 1 heterocycles. The highest BCUT2D eigenvalue weighted by Crippen LogP contribution is 2.30. The average Bonchev–Trinajstić information content (AvgIpc) is 3.18. The molecule has 162 valence electrons. The van der Waals surface area contributed by atoms with Crippen LogP contribution in [0.25, 0.3) is 10.9 Å². The van der Waals surface area contributed by atoms with Crippen molar-refractivity contribution in [3.8, 4) is 5.75 Å². The first-order chi connectivity index (χ1) is 15.6. The van der Waals surface area contributed by atoms with Gasteiger partial charge in [-0.25, -0.2) is 8.78 Å². The van der Waals surface area contributed by atoms with Crippen LogP contribution in [0, 0.1) is 11.6 Å². The molecule has 0 aliphatic carbocycles. The fraction of sp³-hybridized carbons (Fsp3) is 0.115. The first-order valence-corrected chi connectivity index (χ1v) is 10.2. The average molecular weight is 432 g/mol. The van der Waals surface area contributed by atoms with E-state index in [1.54, 1.807) is 34.9 Å². The zero-order valence-electron chi connectivity index (χ0n) is 17.4. The minimum absolute atomic E-state index is 0.112. The number of halogens is 2. The van der Waals surface area contributed by atoms with Crippen molar-refractivity contribution >= 4 is 16.8 Å². The van der Waals surface area contributed by atoms with Crippen molar-refractivity contribution in [2.45, 2.75) is 13.1 Å². The summed E-state index contributed by atoms with van der Waals surface area (Å²) in [7, 11) is 0. The van der Waals surface area contributed by atoms with Crippen molar-refractivity contribution in [2.75, 3.05) is 6.61 Å². The number of carbonyl (C=O) groups is 1. The smallest absolute Gasteiger partial charge is 0.268 e. The van der Waals surface area contributed by atoms with Gasteiger partial charge in [-0.3, -0.25) is 4.79 Å². The normalized spacial score (nSPS) is 10.8. The van der Waals surface area contributed by atoms with Gasteiger partial charge < -0.3 is 14.6 Å². The van der Waals surface area contributed by atoms with E-state index < -0.39 is 11.6 Å². The zero-order chi connectivity index (χ0) is 22.5. The van der Waals surface area contributed by atoms with Crippen molar-refractivity contribution < 1.29 is 18.3 Å². The molecule has 0 saturated heterocycles. The zero-order valence-corrected chi connectivity index (χ0v) is 17.4. The molecule has 4 nitrogen and oxygen atoms in total. The van der Waals surface area contributed by atoms with Gasteiger partial charge in [0.25, 0.3) is 5.91 Å². The summed E-state index contributed by atoms with van der Waals surface area (Å²) in [6.45, 7) is 4.14. The number of hydrogen-bond donors (Lipinski definition) is 1. The Morgan fingerprint density at radius 2 is 1.72 bits per heavy atom. The second kappa shape index (κ2) is 9.47. The van der Waals surface area contributed by atoms with Gasteiger partial charge in [0.15, 0.2) is 0 Å². The molecule has 4 aromatic rings. The van der Waals surface area contributed by atoms with Crippen molar-refractivity contribution in [3.05, 3.63) is 114 Å². The fourth-order valence-corrected chi connectivity index (χ4v) is 3.60. The van der Waals surface area contributed by atoms with E-state index >= 15 is 0 Å². The molecular weight excluding hydrogens is 410 g/mol. The number of nitrogens with one attached hydrogen (secondary N) is 1. The van der Waals surface area contributed by atoms with Gasteiger partial charge in [-0.1, -0.05) is 55.1 Å². The third-order valence-electron chi connectivity index (χ3n) is 5.17. The van der Waals surface area contributed by atoms with Gasteiger partial charge >= 0.3 is 0 Å². The molecule has 0 radical (unpaired) electrons. The molecule has 0 bridgehead atoms. The summed E-state index contributed by atoms with van der Waals surface area (Å²) in [5, 5.41) is 3.57. The highest BCUT2D eigenvalue weighted by molar-refractivity contribution is 6.00. The van der Waals surface area contributed by atoms with Gasteiger partial charge in [0, 0.05) is 17.5 Å². The van der Waals surface area contributed by atoms with Crippen molar-refractivity contribution in [1.82, 2.24) is 9.88 Å². The topological polar surface area (TPSA) is 43.3 Å². The molecule has 0 fully saturated rings.